The van der Waals surface area contributed by atoms with Gasteiger partial charge in [-0.3, -0.25) is 4.79 Å². The molecule has 2 amide bonds. The molecule has 0 aromatic heterocycles. The van der Waals surface area contributed by atoms with Gasteiger partial charge in [0.15, 0.2) is 0 Å². The molecule has 3 unspecified atom stereocenters. The highest BCUT2D eigenvalue weighted by atomic mass is 16.4. The summed E-state index contributed by atoms with van der Waals surface area (Å²) in [5, 5.41) is 11.7. The van der Waals surface area contributed by atoms with Crippen LogP contribution in [0.25, 0.3) is 0 Å². The van der Waals surface area contributed by atoms with E-state index in [-0.39, 0.29) is 30.5 Å². The summed E-state index contributed by atoms with van der Waals surface area (Å²) in [6.45, 7) is 6.54. The molecule has 1 aliphatic rings. The first-order valence-electron chi connectivity index (χ1n) is 7.23. The summed E-state index contributed by atoms with van der Waals surface area (Å²) in [6, 6.07) is 0.482. The molecule has 1 saturated heterocycles. The highest BCUT2D eigenvalue weighted by molar-refractivity contribution is 5.75. The molecule has 5 heteroatoms. The zero-order chi connectivity index (χ0) is 14.4. The summed E-state index contributed by atoms with van der Waals surface area (Å²) < 4.78 is 0. The van der Waals surface area contributed by atoms with E-state index in [4.69, 9.17) is 5.11 Å². The van der Waals surface area contributed by atoms with Gasteiger partial charge in [-0.05, 0) is 39.0 Å². The van der Waals surface area contributed by atoms with Crippen molar-refractivity contribution in [1.82, 2.24) is 10.2 Å². The largest absolute Gasteiger partial charge is 0.481 e. The van der Waals surface area contributed by atoms with Crippen molar-refractivity contribution in [3.63, 3.8) is 0 Å². The third kappa shape index (κ3) is 4.73. The van der Waals surface area contributed by atoms with E-state index >= 15 is 0 Å². The average molecular weight is 270 g/mol. The van der Waals surface area contributed by atoms with Crippen molar-refractivity contribution < 1.29 is 14.7 Å². The Balaban J connectivity index is 2.46. The van der Waals surface area contributed by atoms with Crippen LogP contribution in [0.15, 0.2) is 0 Å². The van der Waals surface area contributed by atoms with E-state index in [2.05, 4.69) is 19.2 Å². The molecule has 0 aromatic carbocycles. The van der Waals surface area contributed by atoms with Crippen molar-refractivity contribution in [3.05, 3.63) is 0 Å². The van der Waals surface area contributed by atoms with E-state index < -0.39 is 5.97 Å². The van der Waals surface area contributed by atoms with Crippen LogP contribution in [-0.2, 0) is 4.79 Å². The molecule has 0 aliphatic carbocycles. The molecule has 110 valence electrons. The van der Waals surface area contributed by atoms with Crippen LogP contribution in [0.2, 0.25) is 0 Å². The molecule has 0 radical (unpaired) electrons. The lowest BCUT2D eigenvalue weighted by atomic mass is 9.98. The van der Waals surface area contributed by atoms with Gasteiger partial charge in [0.2, 0.25) is 0 Å². The number of rotatable bonds is 5. The Morgan fingerprint density at radius 1 is 1.32 bits per heavy atom. The molecule has 1 heterocycles. The van der Waals surface area contributed by atoms with E-state index in [0.29, 0.717) is 6.54 Å². The van der Waals surface area contributed by atoms with E-state index in [0.717, 1.165) is 19.3 Å². The van der Waals surface area contributed by atoms with E-state index in [1.165, 1.54) is 6.42 Å². The van der Waals surface area contributed by atoms with Gasteiger partial charge in [-0.15, -0.1) is 0 Å². The third-order valence-corrected chi connectivity index (χ3v) is 4.01. The zero-order valence-corrected chi connectivity index (χ0v) is 12.2. The Morgan fingerprint density at radius 2 is 1.89 bits per heavy atom. The molecule has 5 nitrogen and oxygen atoms in total. The fourth-order valence-corrected chi connectivity index (χ4v) is 2.75. The number of piperidine rings is 1. The van der Waals surface area contributed by atoms with Crippen molar-refractivity contribution >= 4 is 12.0 Å². The van der Waals surface area contributed by atoms with Crippen molar-refractivity contribution in [2.24, 2.45) is 5.92 Å². The summed E-state index contributed by atoms with van der Waals surface area (Å²) in [7, 11) is 0. The van der Waals surface area contributed by atoms with Gasteiger partial charge in [0.1, 0.15) is 0 Å². The predicted molar refractivity (Wildman–Crippen MR) is 74.0 cm³/mol. The summed E-state index contributed by atoms with van der Waals surface area (Å²) in [5.74, 6) is -0.794. The number of carboxylic acids is 1. The van der Waals surface area contributed by atoms with Gasteiger partial charge in [0, 0.05) is 25.0 Å². The Kier molecular flexibility index (Phi) is 6.12. The number of likely N-dealkylation sites (tertiary alicyclic amines) is 1. The zero-order valence-electron chi connectivity index (χ0n) is 12.2. The monoisotopic (exact) mass is 270 g/mol. The van der Waals surface area contributed by atoms with Crippen LogP contribution in [0, 0.1) is 5.92 Å². The molecular weight excluding hydrogens is 244 g/mol. The minimum Gasteiger partial charge on any atom is -0.481 e. The van der Waals surface area contributed by atoms with Crippen LogP contribution in [-0.4, -0.2) is 40.6 Å². The maximum absolute atomic E-state index is 12.2. The normalized spacial score (nSPS) is 24.9. The number of aliphatic carboxylic acids is 1. The SMILES string of the molecule is CCC(CNC(=O)N1C(C)CCCC1C)CC(=O)O. The number of nitrogens with one attached hydrogen (secondary N) is 1. The van der Waals surface area contributed by atoms with Crippen LogP contribution >= 0.6 is 0 Å². The maximum Gasteiger partial charge on any atom is 0.317 e. The lowest BCUT2D eigenvalue weighted by Gasteiger charge is -2.39. The number of hydrogen-bond acceptors (Lipinski definition) is 2. The van der Waals surface area contributed by atoms with Gasteiger partial charge in [-0.25, -0.2) is 4.79 Å². The molecule has 0 aromatic rings. The highest BCUT2D eigenvalue weighted by Gasteiger charge is 2.29. The number of amides is 2. The Hall–Kier alpha value is -1.26. The number of nitrogens with zero attached hydrogens (tertiary/aromatic N) is 1. The van der Waals surface area contributed by atoms with Gasteiger partial charge < -0.3 is 15.3 Å². The Labute approximate surface area is 115 Å². The second-order valence-corrected chi connectivity index (χ2v) is 5.59. The maximum atomic E-state index is 12.2. The quantitative estimate of drug-likeness (QED) is 0.806. The van der Waals surface area contributed by atoms with Crippen molar-refractivity contribution in [3.8, 4) is 0 Å². The lowest BCUT2D eigenvalue weighted by Crippen LogP contribution is -2.52. The van der Waals surface area contributed by atoms with Crippen LogP contribution in [0.1, 0.15) is 52.9 Å². The molecular formula is C14H26N2O3. The van der Waals surface area contributed by atoms with E-state index in [9.17, 15) is 9.59 Å². The van der Waals surface area contributed by atoms with E-state index in [1.54, 1.807) is 0 Å². The second kappa shape index (κ2) is 7.36. The van der Waals surface area contributed by atoms with Gasteiger partial charge in [0.25, 0.3) is 0 Å². The van der Waals surface area contributed by atoms with Crippen LogP contribution in [0.4, 0.5) is 4.79 Å². The number of urea groups is 1. The van der Waals surface area contributed by atoms with Crippen LogP contribution in [0.5, 0.6) is 0 Å². The molecule has 0 bridgehead atoms. The fraction of sp³-hybridized carbons (Fsp3) is 0.857. The van der Waals surface area contributed by atoms with Gasteiger partial charge in [-0.2, -0.15) is 0 Å². The first kappa shape index (κ1) is 15.8. The number of hydrogen-bond donors (Lipinski definition) is 2. The lowest BCUT2D eigenvalue weighted by molar-refractivity contribution is -0.138. The fourth-order valence-electron chi connectivity index (χ4n) is 2.75. The summed E-state index contributed by atoms with van der Waals surface area (Å²) in [5.41, 5.74) is 0. The van der Waals surface area contributed by atoms with Crippen molar-refractivity contribution in [2.45, 2.75) is 65.0 Å². The van der Waals surface area contributed by atoms with Gasteiger partial charge >= 0.3 is 12.0 Å². The smallest absolute Gasteiger partial charge is 0.317 e. The summed E-state index contributed by atoms with van der Waals surface area (Å²) in [4.78, 5) is 24.8. The minimum absolute atomic E-state index is 0.0110. The average Bonchev–Trinajstić information content (AvgIpc) is 2.33. The standard InChI is InChI=1S/C14H26N2O3/c1-4-12(8-13(17)18)9-15-14(19)16-10(2)6-5-7-11(16)3/h10-12H,4-9H2,1-3H3,(H,15,19)(H,17,18). The van der Waals surface area contributed by atoms with E-state index in [1.807, 2.05) is 11.8 Å². The number of carboxylic acid groups (broad SMARTS) is 1. The second-order valence-electron chi connectivity index (χ2n) is 5.59. The van der Waals surface area contributed by atoms with Crippen LogP contribution < -0.4 is 5.32 Å². The first-order chi connectivity index (χ1) is 8.95. The molecule has 1 aliphatic heterocycles. The summed E-state index contributed by atoms with van der Waals surface area (Å²) >= 11 is 0. The molecule has 2 N–H and O–H groups in total. The minimum atomic E-state index is -0.805. The highest BCUT2D eigenvalue weighted by Crippen LogP contribution is 2.22. The van der Waals surface area contributed by atoms with Gasteiger partial charge in [-0.1, -0.05) is 13.3 Å². The van der Waals surface area contributed by atoms with Crippen LogP contribution in [0.3, 0.4) is 0 Å². The molecule has 0 spiro atoms. The Bertz CT molecular complexity index is 310. The number of carbonyl (C=O) groups is 2. The molecule has 1 fully saturated rings. The van der Waals surface area contributed by atoms with Crippen molar-refractivity contribution in [2.75, 3.05) is 6.54 Å². The Morgan fingerprint density at radius 3 is 2.37 bits per heavy atom. The predicted octanol–water partition coefficient (Wildman–Crippen LogP) is 2.46. The molecule has 0 saturated carbocycles. The molecule has 1 rings (SSSR count). The summed E-state index contributed by atoms with van der Waals surface area (Å²) in [6.07, 6.45) is 4.14. The van der Waals surface area contributed by atoms with Gasteiger partial charge in [0.05, 0.1) is 0 Å². The first-order valence-corrected chi connectivity index (χ1v) is 7.23. The van der Waals surface area contributed by atoms with Crippen molar-refractivity contribution in [1.29, 1.82) is 0 Å². The number of carbonyl (C=O) groups excluding carboxylic acids is 1. The molecule has 3 atom stereocenters. The topological polar surface area (TPSA) is 69.6 Å². The molecule has 19 heavy (non-hydrogen) atoms. The third-order valence-electron chi connectivity index (χ3n) is 4.01.